The first kappa shape index (κ1) is 15.0. The SMILES string of the molecule is Cc1ccc(C(C)C)c(Oc2ccc(C(=O)O)cc2F)c1. The molecule has 2 aromatic carbocycles. The lowest BCUT2D eigenvalue weighted by atomic mass is 10.0. The fraction of sp³-hybridized carbons (Fsp3) is 0.235. The topological polar surface area (TPSA) is 46.5 Å². The molecule has 0 radical (unpaired) electrons. The molecule has 2 aromatic rings. The minimum absolute atomic E-state index is 0.0208. The van der Waals surface area contributed by atoms with Crippen molar-refractivity contribution < 1.29 is 19.0 Å². The number of carbonyl (C=O) groups is 1. The van der Waals surface area contributed by atoms with Gasteiger partial charge in [0.05, 0.1) is 5.56 Å². The van der Waals surface area contributed by atoms with E-state index in [2.05, 4.69) is 0 Å². The van der Waals surface area contributed by atoms with E-state index in [1.54, 1.807) is 0 Å². The molecule has 0 spiro atoms. The number of halogens is 1. The summed E-state index contributed by atoms with van der Waals surface area (Å²) in [6.45, 7) is 5.99. The van der Waals surface area contributed by atoms with Crippen LogP contribution in [0.25, 0.3) is 0 Å². The highest BCUT2D eigenvalue weighted by Gasteiger charge is 2.13. The summed E-state index contributed by atoms with van der Waals surface area (Å²) in [6.07, 6.45) is 0. The van der Waals surface area contributed by atoms with Crippen molar-refractivity contribution in [1.82, 2.24) is 0 Å². The summed E-state index contributed by atoms with van der Waals surface area (Å²) < 4.78 is 19.6. The lowest BCUT2D eigenvalue weighted by Crippen LogP contribution is -1.99. The maximum Gasteiger partial charge on any atom is 0.335 e. The molecule has 21 heavy (non-hydrogen) atoms. The van der Waals surface area contributed by atoms with Gasteiger partial charge >= 0.3 is 5.97 Å². The fourth-order valence-corrected chi connectivity index (χ4v) is 2.04. The molecule has 0 aliphatic rings. The van der Waals surface area contributed by atoms with E-state index in [4.69, 9.17) is 9.84 Å². The van der Waals surface area contributed by atoms with E-state index in [0.717, 1.165) is 17.2 Å². The van der Waals surface area contributed by atoms with Crippen LogP contribution < -0.4 is 4.74 Å². The van der Waals surface area contributed by atoms with Gasteiger partial charge in [0.25, 0.3) is 0 Å². The number of benzene rings is 2. The van der Waals surface area contributed by atoms with Gasteiger partial charge in [-0.2, -0.15) is 0 Å². The van der Waals surface area contributed by atoms with Crippen LogP contribution >= 0.6 is 0 Å². The average molecular weight is 288 g/mol. The van der Waals surface area contributed by atoms with E-state index >= 15 is 0 Å². The first-order valence-electron chi connectivity index (χ1n) is 6.69. The van der Waals surface area contributed by atoms with E-state index in [-0.39, 0.29) is 17.2 Å². The van der Waals surface area contributed by atoms with Crippen LogP contribution in [0.1, 0.15) is 41.3 Å². The predicted molar refractivity (Wildman–Crippen MR) is 78.7 cm³/mol. The summed E-state index contributed by atoms with van der Waals surface area (Å²) in [5.74, 6) is -1.01. The van der Waals surface area contributed by atoms with Crippen molar-refractivity contribution in [3.8, 4) is 11.5 Å². The van der Waals surface area contributed by atoms with Crippen molar-refractivity contribution >= 4 is 5.97 Å². The molecule has 0 unspecified atom stereocenters. The summed E-state index contributed by atoms with van der Waals surface area (Å²) >= 11 is 0. The van der Waals surface area contributed by atoms with Gasteiger partial charge in [-0.3, -0.25) is 0 Å². The molecule has 110 valence electrons. The van der Waals surface area contributed by atoms with Gasteiger partial charge < -0.3 is 9.84 Å². The monoisotopic (exact) mass is 288 g/mol. The Morgan fingerprint density at radius 3 is 2.43 bits per heavy atom. The molecule has 0 aliphatic carbocycles. The van der Waals surface area contributed by atoms with Crippen molar-refractivity contribution in [3.63, 3.8) is 0 Å². The molecule has 0 atom stereocenters. The molecule has 1 N–H and O–H groups in total. The number of rotatable bonds is 4. The Morgan fingerprint density at radius 2 is 1.86 bits per heavy atom. The van der Waals surface area contributed by atoms with Crippen LogP contribution in [0.15, 0.2) is 36.4 Å². The van der Waals surface area contributed by atoms with E-state index in [1.165, 1.54) is 12.1 Å². The van der Waals surface area contributed by atoms with Crippen LogP contribution in [0, 0.1) is 12.7 Å². The van der Waals surface area contributed by atoms with E-state index in [0.29, 0.717) is 5.75 Å². The van der Waals surface area contributed by atoms with Gasteiger partial charge in [-0.15, -0.1) is 0 Å². The summed E-state index contributed by atoms with van der Waals surface area (Å²) in [6, 6.07) is 9.41. The first-order chi connectivity index (χ1) is 9.88. The molecule has 3 nitrogen and oxygen atoms in total. The number of aryl methyl sites for hydroxylation is 1. The van der Waals surface area contributed by atoms with Gasteiger partial charge in [0.2, 0.25) is 0 Å². The summed E-state index contributed by atoms with van der Waals surface area (Å²) in [5.41, 5.74) is 1.88. The normalized spacial score (nSPS) is 10.7. The van der Waals surface area contributed by atoms with Crippen molar-refractivity contribution in [2.75, 3.05) is 0 Å². The van der Waals surface area contributed by atoms with Gasteiger partial charge in [-0.25, -0.2) is 9.18 Å². The summed E-state index contributed by atoms with van der Waals surface area (Å²) in [5, 5.41) is 8.84. The fourth-order valence-electron chi connectivity index (χ4n) is 2.04. The summed E-state index contributed by atoms with van der Waals surface area (Å²) in [4.78, 5) is 10.8. The van der Waals surface area contributed by atoms with E-state index in [1.807, 2.05) is 39.0 Å². The van der Waals surface area contributed by atoms with E-state index in [9.17, 15) is 9.18 Å². The third-order valence-electron chi connectivity index (χ3n) is 3.19. The van der Waals surface area contributed by atoms with Crippen molar-refractivity contribution in [2.24, 2.45) is 0 Å². The zero-order valence-corrected chi connectivity index (χ0v) is 12.2. The Labute approximate surface area is 123 Å². The number of hydrogen-bond acceptors (Lipinski definition) is 2. The van der Waals surface area contributed by atoms with Crippen molar-refractivity contribution in [3.05, 3.63) is 58.9 Å². The Balaban J connectivity index is 2.38. The van der Waals surface area contributed by atoms with Crippen molar-refractivity contribution in [2.45, 2.75) is 26.7 Å². The molecular weight excluding hydrogens is 271 g/mol. The zero-order chi connectivity index (χ0) is 15.6. The highest BCUT2D eigenvalue weighted by molar-refractivity contribution is 5.87. The number of ether oxygens (including phenoxy) is 1. The minimum Gasteiger partial charge on any atom is -0.478 e. The molecule has 0 aromatic heterocycles. The van der Waals surface area contributed by atoms with Crippen LogP contribution in [0.5, 0.6) is 11.5 Å². The van der Waals surface area contributed by atoms with Gasteiger partial charge in [0.15, 0.2) is 11.6 Å². The molecule has 0 bridgehead atoms. The maximum absolute atomic E-state index is 13.9. The minimum atomic E-state index is -1.17. The number of aromatic carboxylic acids is 1. The van der Waals surface area contributed by atoms with Crippen LogP contribution in [0.4, 0.5) is 4.39 Å². The molecule has 0 fully saturated rings. The quantitative estimate of drug-likeness (QED) is 0.883. The summed E-state index contributed by atoms with van der Waals surface area (Å²) in [7, 11) is 0. The lowest BCUT2D eigenvalue weighted by Gasteiger charge is -2.15. The standard InChI is InChI=1S/C17H17FO3/c1-10(2)13-6-4-11(3)8-16(13)21-15-7-5-12(17(19)20)9-14(15)18/h4-10H,1-3H3,(H,19,20). The zero-order valence-electron chi connectivity index (χ0n) is 12.2. The third kappa shape index (κ3) is 3.40. The molecular formula is C17H17FO3. The van der Waals surface area contributed by atoms with Crippen LogP contribution in [-0.4, -0.2) is 11.1 Å². The van der Waals surface area contributed by atoms with Crippen molar-refractivity contribution in [1.29, 1.82) is 0 Å². The molecule has 2 rings (SSSR count). The highest BCUT2D eigenvalue weighted by atomic mass is 19.1. The Morgan fingerprint density at radius 1 is 1.14 bits per heavy atom. The van der Waals surface area contributed by atoms with Crippen LogP contribution in [0.3, 0.4) is 0 Å². The number of carboxylic acid groups (broad SMARTS) is 1. The number of carboxylic acids is 1. The smallest absolute Gasteiger partial charge is 0.335 e. The van der Waals surface area contributed by atoms with Crippen LogP contribution in [0.2, 0.25) is 0 Å². The van der Waals surface area contributed by atoms with Crippen LogP contribution in [-0.2, 0) is 0 Å². The van der Waals surface area contributed by atoms with E-state index < -0.39 is 11.8 Å². The Bertz CT molecular complexity index is 678. The second-order valence-electron chi connectivity index (χ2n) is 5.25. The van der Waals surface area contributed by atoms with Gasteiger partial charge in [-0.1, -0.05) is 26.0 Å². The Kier molecular flexibility index (Phi) is 4.26. The lowest BCUT2D eigenvalue weighted by molar-refractivity contribution is 0.0696. The average Bonchev–Trinajstić information content (AvgIpc) is 2.40. The van der Waals surface area contributed by atoms with Gasteiger partial charge in [0, 0.05) is 0 Å². The molecule has 0 saturated carbocycles. The molecule has 0 saturated heterocycles. The second-order valence-corrected chi connectivity index (χ2v) is 5.25. The largest absolute Gasteiger partial charge is 0.478 e. The van der Waals surface area contributed by atoms with Gasteiger partial charge in [0.1, 0.15) is 5.75 Å². The molecule has 0 amide bonds. The molecule has 0 heterocycles. The Hall–Kier alpha value is -2.36. The first-order valence-corrected chi connectivity index (χ1v) is 6.69. The van der Waals surface area contributed by atoms with Gasteiger partial charge in [-0.05, 0) is 48.2 Å². The molecule has 0 aliphatic heterocycles. The highest BCUT2D eigenvalue weighted by Crippen LogP contribution is 2.32. The molecule has 4 heteroatoms. The predicted octanol–water partition coefficient (Wildman–Crippen LogP) is 4.75. The third-order valence-corrected chi connectivity index (χ3v) is 3.19. The second kappa shape index (κ2) is 5.95. The number of hydrogen-bond donors (Lipinski definition) is 1. The maximum atomic E-state index is 13.9.